The van der Waals surface area contributed by atoms with Gasteiger partial charge in [-0.2, -0.15) is 22.5 Å². The number of aryl methyl sites for hydroxylation is 2. The summed E-state index contributed by atoms with van der Waals surface area (Å²) in [6.45, 7) is 3.50. The molecule has 0 fully saturated rings. The lowest BCUT2D eigenvalue weighted by Gasteiger charge is -2.15. The molecule has 0 aliphatic rings. The molecule has 0 bridgehead atoms. The number of aromatic amines is 1. The molecule has 0 saturated carbocycles. The Balaban J connectivity index is 0.000000162. The van der Waals surface area contributed by atoms with E-state index in [1.807, 2.05) is 0 Å². The Hall–Kier alpha value is -6.51. The predicted molar refractivity (Wildman–Crippen MR) is 169 cm³/mol. The molecule has 0 saturated heterocycles. The van der Waals surface area contributed by atoms with Gasteiger partial charge in [-0.05, 0) is 13.8 Å². The number of fused-ring (bicyclic) bond motifs is 2. The Morgan fingerprint density at radius 2 is 1.25 bits per heavy atom. The second-order valence-corrected chi connectivity index (χ2v) is 11.4. The van der Waals surface area contributed by atoms with Crippen LogP contribution in [0.3, 0.4) is 0 Å². The Morgan fingerprint density at radius 3 is 1.83 bits per heavy atom. The maximum absolute atomic E-state index is 14.8. The van der Waals surface area contributed by atoms with Gasteiger partial charge in [-0.1, -0.05) is 103 Å². The van der Waals surface area contributed by atoms with Crippen LogP contribution in [0, 0.1) is 13.8 Å². The van der Waals surface area contributed by atoms with Crippen molar-refractivity contribution in [2.75, 3.05) is 0 Å². The maximum Gasteiger partial charge on any atom is 0.331 e. The first kappa shape index (κ1) is 34.0. The van der Waals surface area contributed by atoms with Gasteiger partial charge >= 0.3 is 17.4 Å². The van der Waals surface area contributed by atoms with Crippen LogP contribution in [0.25, 0.3) is 22.3 Å². The molecular weight excluding hydrogens is 716 g/mol. The largest absolute Gasteiger partial charge is 0.331 e. The molecule has 6 aromatic heterocycles. The lowest BCUT2D eigenvalue weighted by molar-refractivity contribution is 0.0325. The van der Waals surface area contributed by atoms with E-state index in [1.54, 1.807) is 26.0 Å². The monoisotopic (exact) mass is 736 g/mol. The maximum atomic E-state index is 14.8. The van der Waals surface area contributed by atoms with Gasteiger partial charge in [0, 0.05) is 11.1 Å². The van der Waals surface area contributed by atoms with Crippen molar-refractivity contribution in [3.05, 3.63) is 122 Å². The Labute approximate surface area is 291 Å². The molecule has 264 valence electrons. The lowest BCUT2D eigenvalue weighted by Crippen LogP contribution is -2.24. The van der Waals surface area contributed by atoms with Crippen molar-refractivity contribution >= 4 is 33.9 Å². The van der Waals surface area contributed by atoms with E-state index < -0.39 is 29.1 Å². The van der Waals surface area contributed by atoms with Crippen molar-refractivity contribution in [3.63, 3.8) is 0 Å². The number of aromatic nitrogens is 14. The molecule has 0 radical (unpaired) electrons. The normalized spacial score (nSPS) is 12.0. The van der Waals surface area contributed by atoms with E-state index in [0.29, 0.717) is 22.8 Å². The highest BCUT2D eigenvalue weighted by Gasteiger charge is 2.39. The molecule has 1 N–H and O–H groups in total. The minimum atomic E-state index is -3.49. The fourth-order valence-electron chi connectivity index (χ4n) is 4.84. The first-order valence-electron chi connectivity index (χ1n) is 15.0. The average Bonchev–Trinajstić information content (AvgIpc) is 3.95. The van der Waals surface area contributed by atoms with Crippen LogP contribution in [0.15, 0.2) is 74.7 Å². The third kappa shape index (κ3) is 6.32. The van der Waals surface area contributed by atoms with Crippen LogP contribution in [-0.2, 0) is 24.9 Å². The number of alkyl halides is 4. The zero-order valence-corrected chi connectivity index (χ0v) is 27.4. The van der Waals surface area contributed by atoms with E-state index >= 15 is 0 Å². The minimum absolute atomic E-state index is 0.0120. The van der Waals surface area contributed by atoms with Crippen LogP contribution in [0.4, 0.5) is 17.6 Å². The molecule has 22 heteroatoms. The molecule has 0 atom stereocenters. The standard InChI is InChI=1S/C15H10ClF2N7O.C15H11F2N7O2/c1-8-10(23-26-22-8)7-25-13-11(21-24-25)12(16)19-14(20-13)15(17,18)9-5-3-2-4-6-9;1-8-10(22-26-21-8)7-24-12-11(20-23-24)13(25)19-14(18-12)15(16,17)9-5-3-2-4-6-9/h2-6H,7H2,1H3;2-6H,7H2,1H3,(H,18,19,25). The van der Waals surface area contributed by atoms with Crippen molar-refractivity contribution in [2.24, 2.45) is 0 Å². The van der Waals surface area contributed by atoms with Crippen LogP contribution >= 0.6 is 11.6 Å². The minimum Gasteiger partial charge on any atom is -0.321 e. The van der Waals surface area contributed by atoms with Crippen LogP contribution in [-0.4, -0.2) is 70.6 Å². The van der Waals surface area contributed by atoms with Crippen molar-refractivity contribution in [3.8, 4) is 0 Å². The number of benzene rings is 2. The fourth-order valence-corrected chi connectivity index (χ4v) is 5.04. The van der Waals surface area contributed by atoms with Gasteiger partial charge in [0.1, 0.15) is 22.8 Å². The Kier molecular flexibility index (Phi) is 8.70. The van der Waals surface area contributed by atoms with E-state index in [2.05, 4.69) is 70.4 Å². The van der Waals surface area contributed by atoms with Gasteiger partial charge in [-0.15, -0.1) is 10.2 Å². The van der Waals surface area contributed by atoms with Crippen LogP contribution in [0.5, 0.6) is 0 Å². The predicted octanol–water partition coefficient (Wildman–Crippen LogP) is 4.15. The van der Waals surface area contributed by atoms with Crippen molar-refractivity contribution in [1.82, 2.24) is 70.6 Å². The summed E-state index contributed by atoms with van der Waals surface area (Å²) in [7, 11) is 0. The van der Waals surface area contributed by atoms with Crippen LogP contribution < -0.4 is 5.56 Å². The second kappa shape index (κ2) is 13.3. The van der Waals surface area contributed by atoms with Crippen LogP contribution in [0.2, 0.25) is 5.15 Å². The summed E-state index contributed by atoms with van der Waals surface area (Å²) < 4.78 is 70.9. The number of nitrogens with one attached hydrogen (secondary N) is 1. The van der Waals surface area contributed by atoms with Gasteiger partial charge < -0.3 is 4.98 Å². The third-order valence-corrected chi connectivity index (χ3v) is 7.91. The lowest BCUT2D eigenvalue weighted by atomic mass is 10.1. The SMILES string of the molecule is Cc1nonc1Cn1nnc2c(=O)nc(C(F)(F)c3ccccc3)[nH]c21.Cc1nonc1Cn1nnc2c(Cl)nc(C(F)(F)c3ccccc3)nc21. The molecule has 17 nitrogen and oxygen atoms in total. The van der Waals surface area contributed by atoms with E-state index in [9.17, 15) is 22.4 Å². The van der Waals surface area contributed by atoms with Crippen molar-refractivity contribution in [1.29, 1.82) is 0 Å². The number of nitrogens with zero attached hydrogens (tertiary/aromatic N) is 13. The van der Waals surface area contributed by atoms with Crippen molar-refractivity contribution < 1.29 is 26.8 Å². The van der Waals surface area contributed by atoms with Gasteiger partial charge in [0.15, 0.2) is 33.3 Å². The third-order valence-electron chi connectivity index (χ3n) is 7.65. The summed E-state index contributed by atoms with van der Waals surface area (Å²) in [5.41, 5.74) is 0.586. The van der Waals surface area contributed by atoms with Gasteiger partial charge in [-0.25, -0.2) is 28.6 Å². The molecule has 2 aromatic carbocycles. The molecule has 0 spiro atoms. The van der Waals surface area contributed by atoms with Crippen molar-refractivity contribution in [2.45, 2.75) is 38.8 Å². The number of halogens is 5. The zero-order valence-electron chi connectivity index (χ0n) is 26.6. The molecule has 8 aromatic rings. The quantitative estimate of drug-likeness (QED) is 0.172. The van der Waals surface area contributed by atoms with Gasteiger partial charge in [0.25, 0.3) is 0 Å². The summed E-state index contributed by atoms with van der Waals surface area (Å²) in [6.07, 6.45) is 0. The first-order valence-corrected chi connectivity index (χ1v) is 15.3. The molecule has 8 rings (SSSR count). The summed E-state index contributed by atoms with van der Waals surface area (Å²) in [6, 6.07) is 14.3. The molecule has 0 aliphatic heterocycles. The van der Waals surface area contributed by atoms with Gasteiger partial charge in [-0.3, -0.25) is 4.79 Å². The molecule has 6 heterocycles. The summed E-state index contributed by atoms with van der Waals surface area (Å²) in [5.74, 6) is -8.45. The van der Waals surface area contributed by atoms with Gasteiger partial charge in [0.2, 0.25) is 5.82 Å². The summed E-state index contributed by atoms with van der Waals surface area (Å²) in [4.78, 5) is 25.8. The number of H-pyrrole nitrogens is 1. The van der Waals surface area contributed by atoms with E-state index in [4.69, 9.17) is 11.6 Å². The molecule has 0 unspecified atom stereocenters. The molecule has 0 amide bonds. The zero-order chi connectivity index (χ0) is 36.6. The Morgan fingerprint density at radius 1 is 0.712 bits per heavy atom. The summed E-state index contributed by atoms with van der Waals surface area (Å²) in [5, 5.41) is 29.8. The first-order chi connectivity index (χ1) is 24.9. The highest BCUT2D eigenvalue weighted by molar-refractivity contribution is 6.33. The number of hydrogen-bond donors (Lipinski definition) is 1. The average molecular weight is 737 g/mol. The number of hydrogen-bond acceptors (Lipinski definition) is 14. The topological polar surface area (TPSA) is 211 Å². The van der Waals surface area contributed by atoms with E-state index in [1.165, 1.54) is 57.9 Å². The van der Waals surface area contributed by atoms with E-state index in [-0.39, 0.29) is 51.7 Å². The molecule has 52 heavy (non-hydrogen) atoms. The highest BCUT2D eigenvalue weighted by atomic mass is 35.5. The highest BCUT2D eigenvalue weighted by Crippen LogP contribution is 2.35. The Bertz CT molecular complexity index is 2570. The van der Waals surface area contributed by atoms with Gasteiger partial charge in [0.05, 0.1) is 13.1 Å². The molecular formula is C30H21ClF4N14O3. The smallest absolute Gasteiger partial charge is 0.321 e. The van der Waals surface area contributed by atoms with E-state index in [0.717, 1.165) is 0 Å². The van der Waals surface area contributed by atoms with Crippen LogP contribution in [0.1, 0.15) is 45.6 Å². The molecule has 0 aliphatic carbocycles. The second-order valence-electron chi connectivity index (χ2n) is 11.1. The summed E-state index contributed by atoms with van der Waals surface area (Å²) >= 11 is 6.04. The number of rotatable bonds is 8. The fraction of sp³-hybridized carbons (Fsp3) is 0.200.